The lowest BCUT2D eigenvalue weighted by Crippen LogP contribution is -2.35. The van der Waals surface area contributed by atoms with E-state index in [2.05, 4.69) is 58.0 Å². The average molecular weight is 355 g/mol. The maximum atomic E-state index is 13.3. The van der Waals surface area contributed by atoms with E-state index in [1.54, 1.807) is 0 Å². The lowest BCUT2D eigenvalue weighted by Gasteiger charge is -2.45. The molecule has 2 aliphatic rings. The number of rotatable bonds is 7. The van der Waals surface area contributed by atoms with E-state index in [4.69, 9.17) is 0 Å². The minimum Gasteiger partial charge on any atom is -0.299 e. The molecule has 2 aliphatic carbocycles. The van der Waals surface area contributed by atoms with Crippen molar-refractivity contribution in [1.82, 2.24) is 0 Å². The molecule has 26 heavy (non-hydrogen) atoms. The molecule has 0 spiro atoms. The third-order valence-electron chi connectivity index (χ3n) is 8.27. The minimum atomic E-state index is 0.311. The number of hydrogen-bond donors (Lipinski definition) is 0. The molecule has 1 nitrogen and oxygen atoms in total. The molecule has 0 bridgehead atoms. The molecule has 0 N–H and O–H groups in total. The van der Waals surface area contributed by atoms with Gasteiger partial charge in [0.25, 0.3) is 0 Å². The number of fused-ring (bicyclic) bond motifs is 1. The molecule has 2 fully saturated rings. The van der Waals surface area contributed by atoms with Gasteiger partial charge in [0.05, 0.1) is 0 Å². The van der Waals surface area contributed by atoms with Crippen LogP contribution >= 0.6 is 0 Å². The Balaban J connectivity index is 1.68. The van der Waals surface area contributed by atoms with Crippen LogP contribution in [0.25, 0.3) is 0 Å². The van der Waals surface area contributed by atoms with Crippen molar-refractivity contribution in [3.05, 3.63) is 35.9 Å². The Bertz CT molecular complexity index is 586. The number of benzene rings is 1. The second-order valence-corrected chi connectivity index (χ2v) is 9.94. The van der Waals surface area contributed by atoms with E-state index < -0.39 is 0 Å². The van der Waals surface area contributed by atoms with Gasteiger partial charge >= 0.3 is 0 Å². The first-order valence-electron chi connectivity index (χ1n) is 10.9. The summed E-state index contributed by atoms with van der Waals surface area (Å²) in [7, 11) is 0. The highest BCUT2D eigenvalue weighted by Gasteiger charge is 2.54. The predicted octanol–water partition coefficient (Wildman–Crippen LogP) is 6.85. The number of ketones is 1. The van der Waals surface area contributed by atoms with Crippen LogP contribution < -0.4 is 0 Å². The number of carbonyl (C=O) groups excluding carboxylic acids is 1. The molecule has 0 radical (unpaired) electrons. The van der Waals surface area contributed by atoms with Crippen LogP contribution in [0.5, 0.6) is 0 Å². The standard InChI is InChI=1S/C25H38O/c1-5-19(2)21(15-20-11-7-6-8-12-20)16-23(26)22-17-24(3)13-9-10-14-25(24,4)18-22/h6-8,11-12,19,21-22H,5,9-10,13-18H2,1-4H3/t19?,21-,22?,24?,25?/m0/s1. The van der Waals surface area contributed by atoms with E-state index in [1.165, 1.54) is 31.2 Å². The van der Waals surface area contributed by atoms with Crippen molar-refractivity contribution in [3.63, 3.8) is 0 Å². The van der Waals surface area contributed by atoms with Gasteiger partial charge in [-0.05, 0) is 60.3 Å². The maximum Gasteiger partial charge on any atom is 0.136 e. The molecule has 0 heterocycles. The van der Waals surface area contributed by atoms with Crippen molar-refractivity contribution in [3.8, 4) is 0 Å². The molecule has 3 unspecified atom stereocenters. The number of Topliss-reactive ketones (excluding diaryl/α,β-unsaturated/α-hetero) is 1. The Morgan fingerprint density at radius 1 is 1.08 bits per heavy atom. The van der Waals surface area contributed by atoms with Gasteiger partial charge in [-0.3, -0.25) is 4.79 Å². The SMILES string of the molecule is CCC(C)[C@H](CC(=O)C1CC2(C)CCCCC2(C)C1)Cc1ccccc1. The Morgan fingerprint density at radius 3 is 2.19 bits per heavy atom. The van der Waals surface area contributed by atoms with Crippen LogP contribution in [0.2, 0.25) is 0 Å². The van der Waals surface area contributed by atoms with Crippen LogP contribution in [0, 0.1) is 28.6 Å². The summed E-state index contributed by atoms with van der Waals surface area (Å²) in [5.74, 6) is 1.96. The molecule has 4 atom stereocenters. The van der Waals surface area contributed by atoms with Crippen molar-refractivity contribution < 1.29 is 4.79 Å². The van der Waals surface area contributed by atoms with Crippen molar-refractivity contribution >= 4 is 5.78 Å². The van der Waals surface area contributed by atoms with E-state index in [9.17, 15) is 4.79 Å². The van der Waals surface area contributed by atoms with Crippen molar-refractivity contribution in [2.45, 2.75) is 85.5 Å². The van der Waals surface area contributed by atoms with Gasteiger partial charge in [0.2, 0.25) is 0 Å². The summed E-state index contributed by atoms with van der Waals surface area (Å²) in [5, 5.41) is 0. The molecule has 0 aliphatic heterocycles. The zero-order chi connectivity index (χ0) is 18.8. The molecule has 0 aromatic heterocycles. The third kappa shape index (κ3) is 3.92. The smallest absolute Gasteiger partial charge is 0.136 e. The summed E-state index contributed by atoms with van der Waals surface area (Å²) in [4.78, 5) is 13.3. The van der Waals surface area contributed by atoms with Crippen molar-refractivity contribution in [2.24, 2.45) is 28.6 Å². The molecule has 144 valence electrons. The lowest BCUT2D eigenvalue weighted by molar-refractivity contribution is -0.124. The van der Waals surface area contributed by atoms with Crippen molar-refractivity contribution in [2.75, 3.05) is 0 Å². The summed E-state index contributed by atoms with van der Waals surface area (Å²) in [5.41, 5.74) is 2.18. The van der Waals surface area contributed by atoms with E-state index in [0.717, 1.165) is 32.1 Å². The average Bonchev–Trinajstić information content (AvgIpc) is 2.93. The third-order valence-corrected chi connectivity index (χ3v) is 8.27. The maximum absolute atomic E-state index is 13.3. The zero-order valence-corrected chi connectivity index (χ0v) is 17.4. The fourth-order valence-corrected chi connectivity index (χ4v) is 5.87. The first-order valence-corrected chi connectivity index (χ1v) is 10.9. The van der Waals surface area contributed by atoms with E-state index in [1.807, 2.05) is 0 Å². The van der Waals surface area contributed by atoms with Gasteiger partial charge in [-0.2, -0.15) is 0 Å². The Labute approximate surface area is 161 Å². The van der Waals surface area contributed by atoms with Crippen LogP contribution in [0.1, 0.15) is 84.6 Å². The van der Waals surface area contributed by atoms with Crippen LogP contribution in [0.15, 0.2) is 30.3 Å². The van der Waals surface area contributed by atoms with Crippen molar-refractivity contribution in [1.29, 1.82) is 0 Å². The summed E-state index contributed by atoms with van der Waals surface area (Å²) < 4.78 is 0. The topological polar surface area (TPSA) is 17.1 Å². The normalized spacial score (nSPS) is 33.5. The van der Waals surface area contributed by atoms with Gasteiger partial charge in [-0.1, -0.05) is 77.3 Å². The van der Waals surface area contributed by atoms with Crippen LogP contribution in [-0.2, 0) is 11.2 Å². The summed E-state index contributed by atoms with van der Waals surface area (Å²) in [6.07, 6.45) is 10.6. The van der Waals surface area contributed by atoms with Crippen LogP contribution in [-0.4, -0.2) is 5.78 Å². The Kier molecular flexibility index (Phi) is 5.94. The molecule has 1 aromatic rings. The van der Waals surface area contributed by atoms with Gasteiger partial charge < -0.3 is 0 Å². The monoisotopic (exact) mass is 354 g/mol. The largest absolute Gasteiger partial charge is 0.299 e. The number of carbonyl (C=O) groups is 1. The Morgan fingerprint density at radius 2 is 1.65 bits per heavy atom. The quantitative estimate of drug-likeness (QED) is 0.523. The van der Waals surface area contributed by atoms with Gasteiger partial charge in [0.15, 0.2) is 0 Å². The highest BCUT2D eigenvalue weighted by atomic mass is 16.1. The fourth-order valence-electron chi connectivity index (χ4n) is 5.87. The van der Waals surface area contributed by atoms with Crippen LogP contribution in [0.4, 0.5) is 0 Å². The lowest BCUT2D eigenvalue weighted by atomic mass is 9.60. The van der Waals surface area contributed by atoms with Gasteiger partial charge in [0.1, 0.15) is 5.78 Å². The fraction of sp³-hybridized carbons (Fsp3) is 0.720. The second-order valence-electron chi connectivity index (χ2n) is 9.94. The first kappa shape index (κ1) is 19.6. The summed E-state index contributed by atoms with van der Waals surface area (Å²) in [6.45, 7) is 9.53. The van der Waals surface area contributed by atoms with E-state index >= 15 is 0 Å². The molecule has 1 heteroatoms. The number of hydrogen-bond acceptors (Lipinski definition) is 1. The zero-order valence-electron chi connectivity index (χ0n) is 17.4. The van der Waals surface area contributed by atoms with Gasteiger partial charge in [-0.25, -0.2) is 0 Å². The first-order chi connectivity index (χ1) is 12.4. The molecule has 2 saturated carbocycles. The molecule has 3 rings (SSSR count). The summed E-state index contributed by atoms with van der Waals surface area (Å²) >= 11 is 0. The molecular formula is C25H38O. The minimum absolute atomic E-state index is 0.311. The highest BCUT2D eigenvalue weighted by molar-refractivity contribution is 5.82. The summed E-state index contributed by atoms with van der Waals surface area (Å²) in [6, 6.07) is 10.7. The molecule has 0 amide bonds. The van der Waals surface area contributed by atoms with Gasteiger partial charge in [-0.15, -0.1) is 0 Å². The van der Waals surface area contributed by atoms with E-state index in [0.29, 0.717) is 34.4 Å². The van der Waals surface area contributed by atoms with E-state index in [-0.39, 0.29) is 0 Å². The predicted molar refractivity (Wildman–Crippen MR) is 110 cm³/mol. The Hall–Kier alpha value is -1.11. The molecule has 0 saturated heterocycles. The molecular weight excluding hydrogens is 316 g/mol. The second kappa shape index (κ2) is 7.87. The van der Waals surface area contributed by atoms with Crippen LogP contribution in [0.3, 0.4) is 0 Å². The highest BCUT2D eigenvalue weighted by Crippen LogP contribution is 2.62. The molecule has 1 aromatic carbocycles. The van der Waals surface area contributed by atoms with Gasteiger partial charge in [0, 0.05) is 12.3 Å².